The first-order chi connectivity index (χ1) is 9.40. The van der Waals surface area contributed by atoms with Gasteiger partial charge in [-0.25, -0.2) is 4.79 Å². The van der Waals surface area contributed by atoms with Crippen molar-refractivity contribution >= 4 is 23.5 Å². The van der Waals surface area contributed by atoms with Crippen molar-refractivity contribution in [3.8, 4) is 5.75 Å². The lowest BCUT2D eigenvalue weighted by molar-refractivity contribution is -0.141. The molecule has 7 nitrogen and oxygen atoms in total. The molecule has 1 atom stereocenters. The van der Waals surface area contributed by atoms with Crippen molar-refractivity contribution < 1.29 is 24.2 Å². The topological polar surface area (TPSA) is 95.9 Å². The SMILES string of the molecule is CC(C(=O)O)N(C)C(=O)c1ccc2c(c1)OCC(=O)N2. The fraction of sp³-hybridized carbons (Fsp3) is 0.308. The quantitative estimate of drug-likeness (QED) is 0.842. The maximum Gasteiger partial charge on any atom is 0.326 e. The van der Waals surface area contributed by atoms with Crippen molar-refractivity contribution in [3.05, 3.63) is 23.8 Å². The van der Waals surface area contributed by atoms with E-state index in [1.54, 1.807) is 6.07 Å². The number of nitrogens with one attached hydrogen (secondary N) is 1. The minimum Gasteiger partial charge on any atom is -0.482 e. The number of carboxylic acid groups (broad SMARTS) is 1. The van der Waals surface area contributed by atoms with Gasteiger partial charge in [-0.3, -0.25) is 9.59 Å². The number of aliphatic carboxylic acids is 1. The molecule has 1 heterocycles. The number of rotatable bonds is 3. The Hall–Kier alpha value is -2.57. The minimum absolute atomic E-state index is 0.105. The second-order valence-corrected chi connectivity index (χ2v) is 4.48. The number of benzene rings is 1. The van der Waals surface area contributed by atoms with E-state index in [-0.39, 0.29) is 12.5 Å². The van der Waals surface area contributed by atoms with Crippen LogP contribution in [0.3, 0.4) is 0 Å². The summed E-state index contributed by atoms with van der Waals surface area (Å²) >= 11 is 0. The zero-order valence-electron chi connectivity index (χ0n) is 11.0. The van der Waals surface area contributed by atoms with E-state index in [1.807, 2.05) is 0 Å². The number of fused-ring (bicyclic) bond motifs is 1. The van der Waals surface area contributed by atoms with Crippen LogP contribution in [0.4, 0.5) is 5.69 Å². The molecule has 1 aliphatic rings. The number of likely N-dealkylation sites (N-methyl/N-ethyl adjacent to an activating group) is 1. The third-order valence-corrected chi connectivity index (χ3v) is 3.12. The predicted molar refractivity (Wildman–Crippen MR) is 69.8 cm³/mol. The van der Waals surface area contributed by atoms with Crippen molar-refractivity contribution in [3.63, 3.8) is 0 Å². The van der Waals surface area contributed by atoms with Gasteiger partial charge in [-0.2, -0.15) is 0 Å². The van der Waals surface area contributed by atoms with E-state index in [2.05, 4.69) is 5.32 Å². The van der Waals surface area contributed by atoms with Crippen LogP contribution in [0.15, 0.2) is 18.2 Å². The zero-order valence-corrected chi connectivity index (χ0v) is 11.0. The number of nitrogens with zero attached hydrogens (tertiary/aromatic N) is 1. The third kappa shape index (κ3) is 2.56. The molecule has 1 aromatic carbocycles. The van der Waals surface area contributed by atoms with E-state index in [4.69, 9.17) is 9.84 Å². The van der Waals surface area contributed by atoms with E-state index in [0.717, 1.165) is 4.90 Å². The van der Waals surface area contributed by atoms with Gasteiger partial charge in [-0.05, 0) is 25.1 Å². The Bertz CT molecular complexity index is 584. The highest BCUT2D eigenvalue weighted by atomic mass is 16.5. The van der Waals surface area contributed by atoms with Crippen LogP contribution in [0.25, 0.3) is 0 Å². The number of hydrogen-bond donors (Lipinski definition) is 2. The molecule has 0 spiro atoms. The van der Waals surface area contributed by atoms with Crippen LogP contribution in [0.5, 0.6) is 5.75 Å². The summed E-state index contributed by atoms with van der Waals surface area (Å²) in [5, 5.41) is 11.5. The van der Waals surface area contributed by atoms with Gasteiger partial charge in [0.05, 0.1) is 5.69 Å². The molecule has 2 amide bonds. The number of amides is 2. The molecular weight excluding hydrogens is 264 g/mol. The van der Waals surface area contributed by atoms with Gasteiger partial charge in [0.1, 0.15) is 11.8 Å². The van der Waals surface area contributed by atoms with Crippen LogP contribution in [0.2, 0.25) is 0 Å². The monoisotopic (exact) mass is 278 g/mol. The molecule has 0 saturated heterocycles. The highest BCUT2D eigenvalue weighted by molar-refractivity contribution is 5.99. The molecule has 0 bridgehead atoms. The molecule has 7 heteroatoms. The van der Waals surface area contributed by atoms with Gasteiger partial charge in [0, 0.05) is 12.6 Å². The molecule has 0 aromatic heterocycles. The van der Waals surface area contributed by atoms with Gasteiger partial charge in [0.15, 0.2) is 6.61 Å². The summed E-state index contributed by atoms with van der Waals surface area (Å²) in [4.78, 5) is 35.3. The predicted octanol–water partition coefficient (Wildman–Crippen LogP) is 0.563. The number of carbonyl (C=O) groups excluding carboxylic acids is 2. The summed E-state index contributed by atoms with van der Waals surface area (Å²) in [7, 11) is 1.42. The smallest absolute Gasteiger partial charge is 0.326 e. The second-order valence-electron chi connectivity index (χ2n) is 4.48. The van der Waals surface area contributed by atoms with Gasteiger partial charge in [0.25, 0.3) is 11.8 Å². The van der Waals surface area contributed by atoms with Gasteiger partial charge in [-0.15, -0.1) is 0 Å². The van der Waals surface area contributed by atoms with E-state index in [1.165, 1.54) is 26.1 Å². The Kier molecular flexibility index (Phi) is 3.60. The second kappa shape index (κ2) is 5.20. The zero-order chi connectivity index (χ0) is 14.9. The van der Waals surface area contributed by atoms with Crippen LogP contribution in [-0.4, -0.2) is 47.5 Å². The van der Waals surface area contributed by atoms with Crippen molar-refractivity contribution in [2.75, 3.05) is 19.0 Å². The van der Waals surface area contributed by atoms with Gasteiger partial charge < -0.3 is 20.1 Å². The molecule has 0 aliphatic carbocycles. The fourth-order valence-electron chi connectivity index (χ4n) is 1.75. The molecule has 2 N–H and O–H groups in total. The molecule has 1 unspecified atom stereocenters. The van der Waals surface area contributed by atoms with Crippen LogP contribution >= 0.6 is 0 Å². The average Bonchev–Trinajstić information content (AvgIpc) is 2.44. The van der Waals surface area contributed by atoms with E-state index in [0.29, 0.717) is 17.0 Å². The highest BCUT2D eigenvalue weighted by Gasteiger charge is 2.24. The van der Waals surface area contributed by atoms with Crippen LogP contribution in [0.1, 0.15) is 17.3 Å². The molecular formula is C13H14N2O5. The summed E-state index contributed by atoms with van der Waals surface area (Å²) in [6, 6.07) is 3.63. The van der Waals surface area contributed by atoms with Crippen molar-refractivity contribution in [1.29, 1.82) is 0 Å². The Morgan fingerprint density at radius 1 is 1.45 bits per heavy atom. The maximum absolute atomic E-state index is 12.2. The molecule has 106 valence electrons. The Morgan fingerprint density at radius 2 is 2.15 bits per heavy atom. The first-order valence-electron chi connectivity index (χ1n) is 5.97. The lowest BCUT2D eigenvalue weighted by Gasteiger charge is -2.23. The van der Waals surface area contributed by atoms with Gasteiger partial charge in [0.2, 0.25) is 0 Å². The largest absolute Gasteiger partial charge is 0.482 e. The first-order valence-corrected chi connectivity index (χ1v) is 5.97. The number of hydrogen-bond acceptors (Lipinski definition) is 4. The Balaban J connectivity index is 2.23. The third-order valence-electron chi connectivity index (χ3n) is 3.12. The molecule has 2 rings (SSSR count). The normalized spacial score (nSPS) is 14.6. The standard InChI is InChI=1S/C13H14N2O5/c1-7(13(18)19)15(2)12(17)8-3-4-9-10(5-8)20-6-11(16)14-9/h3-5,7H,6H2,1-2H3,(H,14,16)(H,18,19). The van der Waals surface area contributed by atoms with Crippen molar-refractivity contribution in [1.82, 2.24) is 4.90 Å². The number of carboxylic acids is 1. The van der Waals surface area contributed by atoms with Crippen LogP contribution in [0, 0.1) is 0 Å². The van der Waals surface area contributed by atoms with Gasteiger partial charge >= 0.3 is 5.97 Å². The van der Waals surface area contributed by atoms with Crippen molar-refractivity contribution in [2.24, 2.45) is 0 Å². The van der Waals surface area contributed by atoms with Crippen molar-refractivity contribution in [2.45, 2.75) is 13.0 Å². The van der Waals surface area contributed by atoms with Gasteiger partial charge in [-0.1, -0.05) is 0 Å². The van der Waals surface area contributed by atoms with E-state index < -0.39 is 17.9 Å². The Morgan fingerprint density at radius 3 is 2.80 bits per heavy atom. The molecule has 1 aromatic rings. The highest BCUT2D eigenvalue weighted by Crippen LogP contribution is 2.29. The van der Waals surface area contributed by atoms with E-state index in [9.17, 15) is 14.4 Å². The minimum atomic E-state index is -1.08. The maximum atomic E-state index is 12.2. The Labute approximate surface area is 115 Å². The fourth-order valence-corrected chi connectivity index (χ4v) is 1.75. The molecule has 20 heavy (non-hydrogen) atoms. The average molecular weight is 278 g/mol. The molecule has 0 fully saturated rings. The van der Waals surface area contributed by atoms with Crippen LogP contribution in [-0.2, 0) is 9.59 Å². The van der Waals surface area contributed by atoms with E-state index >= 15 is 0 Å². The molecule has 1 aliphatic heterocycles. The lowest BCUT2D eigenvalue weighted by atomic mass is 10.1. The summed E-state index contributed by atoms with van der Waals surface area (Å²) in [6.45, 7) is 1.32. The van der Waals surface area contributed by atoms with Crippen LogP contribution < -0.4 is 10.1 Å². The number of carbonyl (C=O) groups is 3. The first kappa shape index (κ1) is 13.9. The lowest BCUT2D eigenvalue weighted by Crippen LogP contribution is -2.40. The number of anilines is 1. The number of ether oxygens (including phenoxy) is 1. The molecule has 0 radical (unpaired) electrons. The summed E-state index contributed by atoms with van der Waals surface area (Å²) in [5.74, 6) is -1.37. The summed E-state index contributed by atoms with van der Waals surface area (Å²) in [6.07, 6.45) is 0. The summed E-state index contributed by atoms with van der Waals surface area (Å²) < 4.78 is 5.22. The molecule has 0 saturated carbocycles. The summed E-state index contributed by atoms with van der Waals surface area (Å²) in [5.41, 5.74) is 0.794.